The van der Waals surface area contributed by atoms with E-state index in [4.69, 9.17) is 4.74 Å². The molecule has 0 radical (unpaired) electrons. The van der Waals surface area contributed by atoms with Crippen molar-refractivity contribution in [3.8, 4) is 5.75 Å². The topological polar surface area (TPSA) is 69.4 Å². The maximum Gasteiger partial charge on any atom is 0.310 e. The molecule has 0 aromatic heterocycles. The molecule has 23 heavy (non-hydrogen) atoms. The number of para-hydroxylation sites is 2. The van der Waals surface area contributed by atoms with Gasteiger partial charge in [0.25, 0.3) is 0 Å². The molecule has 0 spiro atoms. The van der Waals surface area contributed by atoms with Crippen LogP contribution < -0.4 is 4.74 Å². The number of nitro benzene ring substituents is 1. The highest BCUT2D eigenvalue weighted by Gasteiger charge is 2.23. The van der Waals surface area contributed by atoms with Crippen LogP contribution in [0.25, 0.3) is 0 Å². The van der Waals surface area contributed by atoms with Crippen molar-refractivity contribution in [1.82, 2.24) is 0 Å². The monoisotopic (exact) mass is 313 g/mol. The zero-order valence-corrected chi connectivity index (χ0v) is 13.6. The molecule has 1 atom stereocenters. The third kappa shape index (κ3) is 3.56. The molecule has 120 valence electrons. The van der Waals surface area contributed by atoms with Crippen LogP contribution in [0.1, 0.15) is 34.0 Å². The van der Waals surface area contributed by atoms with E-state index in [0.717, 1.165) is 16.7 Å². The summed E-state index contributed by atoms with van der Waals surface area (Å²) in [6.45, 7) is 7.41. The summed E-state index contributed by atoms with van der Waals surface area (Å²) in [7, 11) is 0. The number of ketones is 1. The molecule has 0 aliphatic carbocycles. The van der Waals surface area contributed by atoms with E-state index < -0.39 is 11.0 Å². The summed E-state index contributed by atoms with van der Waals surface area (Å²) in [5.74, 6) is -0.0939. The summed E-state index contributed by atoms with van der Waals surface area (Å²) in [6.07, 6.45) is -0.808. The molecule has 0 saturated carbocycles. The second kappa shape index (κ2) is 6.60. The highest BCUT2D eigenvalue weighted by atomic mass is 16.6. The van der Waals surface area contributed by atoms with Gasteiger partial charge in [0.2, 0.25) is 5.78 Å². The first-order valence-electron chi connectivity index (χ1n) is 7.33. The summed E-state index contributed by atoms with van der Waals surface area (Å²) in [6, 6.07) is 9.85. The highest BCUT2D eigenvalue weighted by Crippen LogP contribution is 2.28. The molecule has 2 rings (SSSR count). The van der Waals surface area contributed by atoms with Crippen LogP contribution >= 0.6 is 0 Å². The Kier molecular flexibility index (Phi) is 4.79. The minimum Gasteiger partial charge on any atom is -0.475 e. The van der Waals surface area contributed by atoms with Gasteiger partial charge >= 0.3 is 5.69 Å². The molecule has 0 heterocycles. The van der Waals surface area contributed by atoms with Gasteiger partial charge in [-0.1, -0.05) is 18.2 Å². The van der Waals surface area contributed by atoms with Gasteiger partial charge in [-0.15, -0.1) is 0 Å². The minimum absolute atomic E-state index is 0.0971. The van der Waals surface area contributed by atoms with Gasteiger partial charge < -0.3 is 4.74 Å². The first-order chi connectivity index (χ1) is 10.8. The molecule has 0 saturated heterocycles. The van der Waals surface area contributed by atoms with Crippen LogP contribution in [0.5, 0.6) is 5.75 Å². The average Bonchev–Trinajstić information content (AvgIpc) is 2.50. The first kappa shape index (κ1) is 16.7. The Bertz CT molecular complexity index is 768. The quantitative estimate of drug-likeness (QED) is 0.472. The smallest absolute Gasteiger partial charge is 0.310 e. The Balaban J connectivity index is 2.28. The third-order valence-electron chi connectivity index (χ3n) is 3.84. The zero-order valence-electron chi connectivity index (χ0n) is 13.6. The first-order valence-corrected chi connectivity index (χ1v) is 7.33. The standard InChI is InChI=1S/C18H19NO4/c1-11-9-13(3)15(10-12(11)2)18(20)14(4)23-17-8-6-5-7-16(17)19(21)22/h5-10,14H,1-4H3/t14-/m0/s1. The van der Waals surface area contributed by atoms with Crippen molar-refractivity contribution in [3.05, 3.63) is 68.8 Å². The maximum absolute atomic E-state index is 12.6. The van der Waals surface area contributed by atoms with Crippen LogP contribution in [0.15, 0.2) is 36.4 Å². The number of ether oxygens (including phenoxy) is 1. The Morgan fingerprint density at radius 3 is 2.35 bits per heavy atom. The van der Waals surface area contributed by atoms with Crippen molar-refractivity contribution in [2.75, 3.05) is 0 Å². The van der Waals surface area contributed by atoms with Crippen molar-refractivity contribution in [2.24, 2.45) is 0 Å². The Labute approximate surface area is 135 Å². The van der Waals surface area contributed by atoms with Crippen LogP contribution in [0.3, 0.4) is 0 Å². The van der Waals surface area contributed by atoms with Crippen LogP contribution in [-0.2, 0) is 0 Å². The molecule has 0 bridgehead atoms. The van der Waals surface area contributed by atoms with E-state index in [0.29, 0.717) is 5.56 Å². The zero-order chi connectivity index (χ0) is 17.1. The van der Waals surface area contributed by atoms with Crippen LogP contribution in [0.2, 0.25) is 0 Å². The number of nitro groups is 1. The molecule has 0 amide bonds. The summed E-state index contributed by atoms with van der Waals surface area (Å²) < 4.78 is 5.56. The Morgan fingerprint density at radius 1 is 1.09 bits per heavy atom. The molecule has 5 heteroatoms. The lowest BCUT2D eigenvalue weighted by molar-refractivity contribution is -0.386. The van der Waals surface area contributed by atoms with Gasteiger partial charge in [0.15, 0.2) is 11.9 Å². The van der Waals surface area contributed by atoms with E-state index in [1.807, 2.05) is 32.9 Å². The third-order valence-corrected chi connectivity index (χ3v) is 3.84. The number of aryl methyl sites for hydroxylation is 3. The summed E-state index contributed by atoms with van der Waals surface area (Å²) in [4.78, 5) is 23.1. The SMILES string of the molecule is Cc1cc(C)c(C(=O)[C@H](C)Oc2ccccc2[N+](=O)[O-])cc1C. The predicted octanol–water partition coefficient (Wildman–Crippen LogP) is 4.17. The number of carbonyl (C=O) groups excluding carboxylic acids is 1. The van der Waals surface area contributed by atoms with E-state index in [-0.39, 0.29) is 17.2 Å². The predicted molar refractivity (Wildman–Crippen MR) is 88.2 cm³/mol. The number of hydrogen-bond acceptors (Lipinski definition) is 4. The van der Waals surface area contributed by atoms with E-state index in [1.165, 1.54) is 12.1 Å². The van der Waals surface area contributed by atoms with Gasteiger partial charge in [-0.2, -0.15) is 0 Å². The largest absolute Gasteiger partial charge is 0.475 e. The van der Waals surface area contributed by atoms with Gasteiger partial charge in [-0.3, -0.25) is 14.9 Å². The van der Waals surface area contributed by atoms with Gasteiger partial charge in [0.1, 0.15) is 0 Å². The number of nitrogens with zero attached hydrogens (tertiary/aromatic N) is 1. The summed E-state index contributed by atoms with van der Waals surface area (Å²) in [5.41, 5.74) is 3.45. The van der Waals surface area contributed by atoms with Crippen LogP contribution in [-0.4, -0.2) is 16.8 Å². The van der Waals surface area contributed by atoms with Crippen LogP contribution in [0, 0.1) is 30.9 Å². The minimum atomic E-state index is -0.808. The number of rotatable bonds is 5. The molecular formula is C18H19NO4. The molecule has 0 fully saturated rings. The van der Waals surface area contributed by atoms with Crippen molar-refractivity contribution in [2.45, 2.75) is 33.8 Å². The lowest BCUT2D eigenvalue weighted by atomic mass is 9.96. The fourth-order valence-corrected chi connectivity index (χ4v) is 2.40. The average molecular weight is 313 g/mol. The molecule has 0 aliphatic heterocycles. The second-order valence-corrected chi connectivity index (χ2v) is 5.60. The van der Waals surface area contributed by atoms with Gasteiger partial charge in [0, 0.05) is 11.6 Å². The summed E-state index contributed by atoms with van der Waals surface area (Å²) in [5, 5.41) is 11.0. The molecule has 5 nitrogen and oxygen atoms in total. The number of benzene rings is 2. The molecule has 2 aromatic rings. The Morgan fingerprint density at radius 2 is 1.70 bits per heavy atom. The van der Waals surface area contributed by atoms with Crippen molar-refractivity contribution in [3.63, 3.8) is 0 Å². The van der Waals surface area contributed by atoms with E-state index in [2.05, 4.69) is 0 Å². The fraction of sp³-hybridized carbons (Fsp3) is 0.278. The maximum atomic E-state index is 12.6. The number of carbonyl (C=O) groups is 1. The molecule has 0 unspecified atom stereocenters. The molecule has 2 aromatic carbocycles. The molecule has 0 N–H and O–H groups in total. The molecule has 0 aliphatic rings. The van der Waals surface area contributed by atoms with Crippen LogP contribution in [0.4, 0.5) is 5.69 Å². The lowest BCUT2D eigenvalue weighted by Crippen LogP contribution is -2.25. The van der Waals surface area contributed by atoms with Crippen molar-refractivity contribution in [1.29, 1.82) is 0 Å². The van der Waals surface area contributed by atoms with Gasteiger partial charge in [-0.05, 0) is 56.5 Å². The number of Topliss-reactive ketones (excluding diaryl/α,β-unsaturated/α-hetero) is 1. The van der Waals surface area contributed by atoms with Crippen molar-refractivity contribution < 1.29 is 14.5 Å². The number of hydrogen-bond donors (Lipinski definition) is 0. The van der Waals surface area contributed by atoms with E-state index in [1.54, 1.807) is 19.1 Å². The van der Waals surface area contributed by atoms with E-state index >= 15 is 0 Å². The van der Waals surface area contributed by atoms with Crippen molar-refractivity contribution >= 4 is 11.5 Å². The van der Waals surface area contributed by atoms with E-state index in [9.17, 15) is 14.9 Å². The lowest BCUT2D eigenvalue weighted by Gasteiger charge is -2.16. The fourth-order valence-electron chi connectivity index (χ4n) is 2.40. The second-order valence-electron chi connectivity index (χ2n) is 5.60. The van der Waals surface area contributed by atoms with Gasteiger partial charge in [0.05, 0.1) is 4.92 Å². The highest BCUT2D eigenvalue weighted by molar-refractivity contribution is 6.01. The van der Waals surface area contributed by atoms with Gasteiger partial charge in [-0.25, -0.2) is 0 Å². The normalized spacial score (nSPS) is 11.8. The Hall–Kier alpha value is -2.69. The molecular weight excluding hydrogens is 294 g/mol. The summed E-state index contributed by atoms with van der Waals surface area (Å²) >= 11 is 0.